The molecule has 0 amide bonds. The highest BCUT2D eigenvalue weighted by Crippen LogP contribution is 2.44. The number of aryl methyl sites for hydroxylation is 4. The van der Waals surface area contributed by atoms with Crippen LogP contribution in [-0.2, 0) is 31.9 Å². The fourth-order valence-electron chi connectivity index (χ4n) is 8.18. The molecule has 2 aliphatic heterocycles. The molecule has 7 aromatic rings. The molecule has 0 atom stereocenters. The van der Waals surface area contributed by atoms with Crippen molar-refractivity contribution in [3.05, 3.63) is 119 Å². The van der Waals surface area contributed by atoms with Gasteiger partial charge >= 0.3 is 11.9 Å². The number of aromatic amines is 2. The zero-order valence-corrected chi connectivity index (χ0v) is 30.6. The maximum atomic E-state index is 12.4. The number of carbonyl (C=O) groups is 2. The van der Waals surface area contributed by atoms with Gasteiger partial charge in [0.2, 0.25) is 0 Å². The lowest BCUT2D eigenvalue weighted by Crippen LogP contribution is -2.02. The molecule has 266 valence electrons. The summed E-state index contributed by atoms with van der Waals surface area (Å²) in [4.78, 5) is 43.0. The van der Waals surface area contributed by atoms with Gasteiger partial charge in [-0.2, -0.15) is 0 Å². The molecule has 0 saturated heterocycles. The summed E-state index contributed by atoms with van der Waals surface area (Å²) in [5.74, 6) is -0.514. The topological polar surface area (TPSA) is 110 Å². The van der Waals surface area contributed by atoms with Crippen molar-refractivity contribution in [3.8, 4) is 45.0 Å². The van der Waals surface area contributed by atoms with Gasteiger partial charge in [-0.05, 0) is 94.8 Å². The average molecular weight is 711 g/mol. The quantitative estimate of drug-likeness (QED) is 0.166. The van der Waals surface area contributed by atoms with Gasteiger partial charge < -0.3 is 19.4 Å². The second-order valence-electron chi connectivity index (χ2n) is 14.0. The SMILES string of the molecule is COC(=O)CCc1c(C)c2cc3nc(cc4[nH]c(cc5nc(cc1[nH]2)-c1ccc2ccccc2c1-5)c(C)c4CCC(=O)OC)-c1ccc2ccccc2c1-3. The molecule has 3 aromatic heterocycles. The van der Waals surface area contributed by atoms with E-state index in [9.17, 15) is 9.59 Å². The van der Waals surface area contributed by atoms with Crippen LogP contribution in [0.1, 0.15) is 35.1 Å². The van der Waals surface area contributed by atoms with Crippen LogP contribution in [-0.4, -0.2) is 46.1 Å². The zero-order chi connectivity index (χ0) is 37.1. The van der Waals surface area contributed by atoms with E-state index in [2.05, 4.69) is 121 Å². The minimum absolute atomic E-state index is 0.252. The van der Waals surface area contributed by atoms with E-state index in [1.807, 2.05) is 0 Å². The summed E-state index contributed by atoms with van der Waals surface area (Å²) in [6.45, 7) is 4.19. The van der Waals surface area contributed by atoms with Crippen LogP contribution in [0.4, 0.5) is 0 Å². The van der Waals surface area contributed by atoms with Crippen LogP contribution in [0.3, 0.4) is 0 Å². The number of nitrogens with one attached hydrogen (secondary N) is 2. The largest absolute Gasteiger partial charge is 0.469 e. The number of hydrogen-bond donors (Lipinski definition) is 2. The van der Waals surface area contributed by atoms with Gasteiger partial charge in [-0.3, -0.25) is 9.59 Å². The summed E-state index contributed by atoms with van der Waals surface area (Å²) in [6, 6.07) is 33.8. The molecule has 2 aliphatic rings. The van der Waals surface area contributed by atoms with E-state index >= 15 is 0 Å². The molecule has 0 radical (unpaired) electrons. The van der Waals surface area contributed by atoms with Crippen molar-refractivity contribution in [1.29, 1.82) is 0 Å². The Balaban J connectivity index is 1.42. The van der Waals surface area contributed by atoms with Gasteiger partial charge in [-0.15, -0.1) is 0 Å². The van der Waals surface area contributed by atoms with E-state index in [0.29, 0.717) is 12.8 Å². The molecular formula is C46H38N4O4. The van der Waals surface area contributed by atoms with Gasteiger partial charge in [0.25, 0.3) is 0 Å². The van der Waals surface area contributed by atoms with Gasteiger partial charge in [-0.1, -0.05) is 72.8 Å². The number of nitrogens with zero attached hydrogens (tertiary/aromatic N) is 2. The van der Waals surface area contributed by atoms with E-state index in [-0.39, 0.29) is 24.8 Å². The van der Waals surface area contributed by atoms with E-state index in [0.717, 1.165) is 111 Å². The Bertz CT molecular complexity index is 2690. The van der Waals surface area contributed by atoms with Crippen molar-refractivity contribution in [2.75, 3.05) is 14.2 Å². The summed E-state index contributed by atoms with van der Waals surface area (Å²) < 4.78 is 10.1. The number of rotatable bonds is 6. The first kappa shape index (κ1) is 33.3. The molecule has 0 aliphatic carbocycles. The average Bonchev–Trinajstić information content (AvgIpc) is 3.90. The number of aromatic nitrogens is 4. The number of carbonyl (C=O) groups excluding carboxylic acids is 2. The minimum Gasteiger partial charge on any atom is -0.469 e. The summed E-state index contributed by atoms with van der Waals surface area (Å²) in [5, 5.41) is 4.48. The van der Waals surface area contributed by atoms with Crippen LogP contribution >= 0.6 is 0 Å². The van der Waals surface area contributed by atoms with Gasteiger partial charge in [0.15, 0.2) is 0 Å². The van der Waals surface area contributed by atoms with E-state index in [4.69, 9.17) is 19.4 Å². The van der Waals surface area contributed by atoms with E-state index in [1.54, 1.807) is 0 Å². The van der Waals surface area contributed by atoms with Crippen LogP contribution in [0.15, 0.2) is 97.1 Å². The summed E-state index contributed by atoms with van der Waals surface area (Å²) in [5.41, 5.74) is 15.3. The number of ether oxygens (including phenoxy) is 2. The van der Waals surface area contributed by atoms with Crippen molar-refractivity contribution >= 4 is 55.6 Å². The zero-order valence-electron chi connectivity index (χ0n) is 30.6. The van der Waals surface area contributed by atoms with Gasteiger partial charge in [-0.25, -0.2) is 9.97 Å². The predicted octanol–water partition coefficient (Wildman–Crippen LogP) is 10.1. The fraction of sp³-hybridized carbons (Fsp3) is 0.174. The van der Waals surface area contributed by atoms with Crippen molar-refractivity contribution in [2.24, 2.45) is 0 Å². The first-order chi connectivity index (χ1) is 26.3. The maximum Gasteiger partial charge on any atom is 0.305 e. The standard InChI is InChI=1S/C46H38N4O4/c1-25-29(17-19-43(51)53-3)37-23-39-33-15-13-28-10-6-8-12-32(28)46(33)42(50-39)22-36-26(2)30(18-20-44(52)54-4)38(48-36)24-40-34-16-14-27-9-5-7-11-31(27)45(34)41(49-40)21-35(25)47-37/h5-16,21-24,47-48H,17-20H2,1-4H3. The molecule has 4 aromatic carbocycles. The smallest absolute Gasteiger partial charge is 0.305 e. The highest BCUT2D eigenvalue weighted by molar-refractivity contribution is 6.07. The lowest BCUT2D eigenvalue weighted by Gasteiger charge is -2.06. The van der Waals surface area contributed by atoms with Crippen molar-refractivity contribution < 1.29 is 19.1 Å². The van der Waals surface area contributed by atoms with Crippen LogP contribution in [0.2, 0.25) is 0 Å². The second kappa shape index (κ2) is 13.1. The first-order valence-corrected chi connectivity index (χ1v) is 18.2. The molecule has 0 spiro atoms. The lowest BCUT2D eigenvalue weighted by molar-refractivity contribution is -0.141. The van der Waals surface area contributed by atoms with Crippen LogP contribution in [0.5, 0.6) is 0 Å². The van der Waals surface area contributed by atoms with Crippen LogP contribution in [0, 0.1) is 13.8 Å². The molecule has 5 heterocycles. The summed E-state index contributed by atoms with van der Waals surface area (Å²) in [7, 11) is 2.85. The fourth-order valence-corrected chi connectivity index (χ4v) is 8.18. The monoisotopic (exact) mass is 710 g/mol. The number of fused-ring (bicyclic) bond motifs is 18. The molecule has 2 N–H and O–H groups in total. The third kappa shape index (κ3) is 5.53. The van der Waals surface area contributed by atoms with Gasteiger partial charge in [0.05, 0.1) is 37.0 Å². The Hall–Kier alpha value is -6.54. The molecule has 9 rings (SSSR count). The summed E-state index contributed by atoms with van der Waals surface area (Å²) >= 11 is 0. The first-order valence-electron chi connectivity index (χ1n) is 18.2. The number of methoxy groups -OCH3 is 2. The highest BCUT2D eigenvalue weighted by atomic mass is 16.5. The number of H-pyrrole nitrogens is 2. The normalized spacial score (nSPS) is 11.8. The molecule has 8 bridgehead atoms. The van der Waals surface area contributed by atoms with E-state index < -0.39 is 0 Å². The molecule has 0 unspecified atom stereocenters. The Kier molecular flexibility index (Phi) is 8.11. The van der Waals surface area contributed by atoms with E-state index in [1.165, 1.54) is 14.2 Å². The second-order valence-corrected chi connectivity index (χ2v) is 14.0. The predicted molar refractivity (Wildman–Crippen MR) is 215 cm³/mol. The highest BCUT2D eigenvalue weighted by Gasteiger charge is 2.23. The Morgan fingerprint density at radius 3 is 1.37 bits per heavy atom. The molecule has 8 nitrogen and oxygen atoms in total. The Labute approximate surface area is 311 Å². The Morgan fingerprint density at radius 1 is 0.537 bits per heavy atom. The lowest BCUT2D eigenvalue weighted by atomic mass is 9.96. The molecule has 0 fully saturated rings. The number of hydrogen-bond acceptors (Lipinski definition) is 6. The van der Waals surface area contributed by atoms with Crippen molar-refractivity contribution in [2.45, 2.75) is 39.5 Å². The third-order valence-electron chi connectivity index (χ3n) is 11.0. The minimum atomic E-state index is -0.257. The van der Waals surface area contributed by atoms with Crippen LogP contribution in [0.25, 0.3) is 88.6 Å². The molecule has 54 heavy (non-hydrogen) atoms. The third-order valence-corrected chi connectivity index (χ3v) is 11.0. The molecule has 0 saturated carbocycles. The molecular weight excluding hydrogens is 673 g/mol. The number of esters is 2. The number of benzene rings is 4. The summed E-state index contributed by atoms with van der Waals surface area (Å²) in [6.07, 6.45) is 1.51. The van der Waals surface area contributed by atoms with Crippen molar-refractivity contribution in [1.82, 2.24) is 19.9 Å². The van der Waals surface area contributed by atoms with Gasteiger partial charge in [0, 0.05) is 57.2 Å². The molecule has 8 heteroatoms. The van der Waals surface area contributed by atoms with Crippen molar-refractivity contribution in [3.63, 3.8) is 0 Å². The van der Waals surface area contributed by atoms with Crippen LogP contribution < -0.4 is 0 Å². The maximum absolute atomic E-state index is 12.4. The van der Waals surface area contributed by atoms with Gasteiger partial charge in [0.1, 0.15) is 0 Å². The Morgan fingerprint density at radius 2 is 0.944 bits per heavy atom.